The fraction of sp³-hybridized carbons (Fsp3) is 0.385. The van der Waals surface area contributed by atoms with Gasteiger partial charge in [-0.1, -0.05) is 21.5 Å². The minimum absolute atomic E-state index is 0.255. The van der Waals surface area contributed by atoms with Crippen LogP contribution in [0.1, 0.15) is 19.8 Å². The molecule has 1 nitrogen and oxygen atoms in total. The van der Waals surface area contributed by atoms with E-state index in [4.69, 9.17) is 5.73 Å². The zero-order valence-electron chi connectivity index (χ0n) is 9.58. The third-order valence-corrected chi connectivity index (χ3v) is 3.95. The molecule has 1 aromatic rings. The standard InChI is InChI=1S/C13H18BrNS/c1-10(2)3-6-12(15)9-16-13-7-4-11(14)5-8-13/h4-5,7-8,12H,1,3,6,9,15H2,2H3. The van der Waals surface area contributed by atoms with Gasteiger partial charge < -0.3 is 5.73 Å². The van der Waals surface area contributed by atoms with Crippen molar-refractivity contribution >= 4 is 27.7 Å². The van der Waals surface area contributed by atoms with Gasteiger partial charge in [-0.05, 0) is 44.0 Å². The lowest BCUT2D eigenvalue weighted by molar-refractivity contribution is 0.672. The predicted octanol–water partition coefficient (Wildman–Crippen LogP) is 4.22. The van der Waals surface area contributed by atoms with E-state index in [9.17, 15) is 0 Å². The molecule has 3 heteroatoms. The smallest absolute Gasteiger partial charge is 0.0176 e. The second-order valence-corrected chi connectivity index (χ2v) is 6.03. The molecule has 0 spiro atoms. The van der Waals surface area contributed by atoms with E-state index in [-0.39, 0.29) is 6.04 Å². The van der Waals surface area contributed by atoms with Gasteiger partial charge in [0.1, 0.15) is 0 Å². The largest absolute Gasteiger partial charge is 0.327 e. The minimum Gasteiger partial charge on any atom is -0.327 e. The van der Waals surface area contributed by atoms with Crippen molar-refractivity contribution in [3.8, 4) is 0 Å². The lowest BCUT2D eigenvalue weighted by Gasteiger charge is -2.10. The maximum Gasteiger partial charge on any atom is 0.0176 e. The summed E-state index contributed by atoms with van der Waals surface area (Å²) in [6.45, 7) is 5.94. The van der Waals surface area contributed by atoms with E-state index in [0.29, 0.717) is 0 Å². The molecule has 0 heterocycles. The molecular formula is C13H18BrNS. The molecule has 0 radical (unpaired) electrons. The predicted molar refractivity (Wildman–Crippen MR) is 76.9 cm³/mol. The van der Waals surface area contributed by atoms with E-state index in [1.807, 2.05) is 11.8 Å². The van der Waals surface area contributed by atoms with Crippen LogP contribution in [0.4, 0.5) is 0 Å². The summed E-state index contributed by atoms with van der Waals surface area (Å²) in [5, 5.41) is 0. The van der Waals surface area contributed by atoms with Gasteiger partial charge >= 0.3 is 0 Å². The van der Waals surface area contributed by atoms with Gasteiger partial charge in [0.2, 0.25) is 0 Å². The highest BCUT2D eigenvalue weighted by molar-refractivity contribution is 9.10. The van der Waals surface area contributed by atoms with Gasteiger partial charge in [-0.25, -0.2) is 0 Å². The van der Waals surface area contributed by atoms with Crippen LogP contribution >= 0.6 is 27.7 Å². The highest BCUT2D eigenvalue weighted by Gasteiger charge is 2.03. The van der Waals surface area contributed by atoms with E-state index < -0.39 is 0 Å². The first kappa shape index (κ1) is 13.8. The van der Waals surface area contributed by atoms with Crippen molar-refractivity contribution in [2.75, 3.05) is 5.75 Å². The average Bonchev–Trinajstić information content (AvgIpc) is 2.25. The van der Waals surface area contributed by atoms with Crippen molar-refractivity contribution in [1.29, 1.82) is 0 Å². The molecule has 0 aliphatic carbocycles. The summed E-state index contributed by atoms with van der Waals surface area (Å²) in [6, 6.07) is 8.59. The maximum atomic E-state index is 6.03. The summed E-state index contributed by atoms with van der Waals surface area (Å²) < 4.78 is 1.11. The number of benzene rings is 1. The van der Waals surface area contributed by atoms with Crippen LogP contribution < -0.4 is 5.73 Å². The highest BCUT2D eigenvalue weighted by atomic mass is 79.9. The molecule has 1 unspecified atom stereocenters. The topological polar surface area (TPSA) is 26.0 Å². The van der Waals surface area contributed by atoms with Crippen LogP contribution in [0, 0.1) is 0 Å². The lowest BCUT2D eigenvalue weighted by atomic mass is 10.1. The SMILES string of the molecule is C=C(C)CCC(N)CSc1ccc(Br)cc1. The van der Waals surface area contributed by atoms with E-state index >= 15 is 0 Å². The molecule has 88 valence electrons. The van der Waals surface area contributed by atoms with Crippen LogP contribution in [0.5, 0.6) is 0 Å². The number of hydrogen-bond acceptors (Lipinski definition) is 2. The van der Waals surface area contributed by atoms with Gasteiger partial charge in [0.15, 0.2) is 0 Å². The second-order valence-electron chi connectivity index (χ2n) is 4.02. The Labute approximate surface area is 111 Å². The van der Waals surface area contributed by atoms with Crippen LogP contribution in [0.3, 0.4) is 0 Å². The van der Waals surface area contributed by atoms with Crippen molar-refractivity contribution in [2.24, 2.45) is 5.73 Å². The van der Waals surface area contributed by atoms with Crippen LogP contribution in [-0.2, 0) is 0 Å². The first-order valence-electron chi connectivity index (χ1n) is 5.36. The van der Waals surface area contributed by atoms with Crippen molar-refractivity contribution in [2.45, 2.75) is 30.7 Å². The lowest BCUT2D eigenvalue weighted by Crippen LogP contribution is -2.22. The minimum atomic E-state index is 0.255. The molecule has 0 saturated carbocycles. The molecule has 1 aromatic carbocycles. The van der Waals surface area contributed by atoms with E-state index in [0.717, 1.165) is 23.1 Å². The molecule has 2 N–H and O–H groups in total. The Morgan fingerprint density at radius 2 is 2.06 bits per heavy atom. The Kier molecular flexibility index (Phi) is 6.17. The number of rotatable bonds is 6. The first-order valence-corrected chi connectivity index (χ1v) is 7.14. The van der Waals surface area contributed by atoms with Crippen LogP contribution in [0.15, 0.2) is 45.8 Å². The number of thioether (sulfide) groups is 1. The van der Waals surface area contributed by atoms with Gasteiger partial charge in [0.25, 0.3) is 0 Å². The van der Waals surface area contributed by atoms with Crippen molar-refractivity contribution in [3.05, 3.63) is 40.9 Å². The third-order valence-electron chi connectivity index (χ3n) is 2.22. The molecule has 16 heavy (non-hydrogen) atoms. The van der Waals surface area contributed by atoms with Crippen molar-refractivity contribution in [1.82, 2.24) is 0 Å². The zero-order chi connectivity index (χ0) is 12.0. The summed E-state index contributed by atoms with van der Waals surface area (Å²) in [6.07, 6.45) is 2.06. The third kappa shape index (κ3) is 5.73. The Bertz CT molecular complexity index is 334. The molecule has 0 bridgehead atoms. The van der Waals surface area contributed by atoms with Crippen LogP contribution in [0.2, 0.25) is 0 Å². The number of hydrogen-bond donors (Lipinski definition) is 1. The van der Waals surface area contributed by atoms with E-state index in [1.54, 1.807) is 0 Å². The second kappa shape index (κ2) is 7.15. The Hall–Kier alpha value is -0.250. The number of nitrogens with two attached hydrogens (primary N) is 1. The van der Waals surface area contributed by atoms with Gasteiger partial charge in [-0.15, -0.1) is 18.3 Å². The van der Waals surface area contributed by atoms with Crippen molar-refractivity contribution < 1.29 is 0 Å². The summed E-state index contributed by atoms with van der Waals surface area (Å²) in [4.78, 5) is 1.27. The van der Waals surface area contributed by atoms with Crippen LogP contribution in [0.25, 0.3) is 0 Å². The Morgan fingerprint density at radius 3 is 2.62 bits per heavy atom. The fourth-order valence-corrected chi connectivity index (χ4v) is 2.42. The molecule has 0 aromatic heterocycles. The van der Waals surface area contributed by atoms with Crippen LogP contribution in [-0.4, -0.2) is 11.8 Å². The maximum absolute atomic E-state index is 6.03. The normalized spacial score (nSPS) is 12.4. The first-order chi connectivity index (χ1) is 7.58. The number of halogens is 1. The molecule has 0 saturated heterocycles. The quantitative estimate of drug-likeness (QED) is 0.628. The summed E-state index contributed by atoms with van der Waals surface area (Å²) >= 11 is 5.24. The molecule has 1 atom stereocenters. The molecule has 0 amide bonds. The van der Waals surface area contributed by atoms with Gasteiger partial charge in [0.05, 0.1) is 0 Å². The van der Waals surface area contributed by atoms with E-state index in [2.05, 4.69) is 53.7 Å². The molecule has 0 aliphatic rings. The molecular weight excluding hydrogens is 282 g/mol. The average molecular weight is 300 g/mol. The van der Waals surface area contributed by atoms with Gasteiger partial charge in [-0.3, -0.25) is 0 Å². The zero-order valence-corrected chi connectivity index (χ0v) is 12.0. The Morgan fingerprint density at radius 1 is 1.44 bits per heavy atom. The summed E-state index contributed by atoms with van der Waals surface area (Å²) in [5.41, 5.74) is 7.24. The fourth-order valence-electron chi connectivity index (χ4n) is 1.25. The van der Waals surface area contributed by atoms with Gasteiger partial charge in [0, 0.05) is 21.2 Å². The van der Waals surface area contributed by atoms with Gasteiger partial charge in [-0.2, -0.15) is 0 Å². The number of allylic oxidation sites excluding steroid dienone is 1. The molecule has 1 rings (SSSR count). The summed E-state index contributed by atoms with van der Waals surface area (Å²) in [5.74, 6) is 0.967. The molecule has 0 fully saturated rings. The van der Waals surface area contributed by atoms with Crippen molar-refractivity contribution in [3.63, 3.8) is 0 Å². The Balaban J connectivity index is 2.28. The highest BCUT2D eigenvalue weighted by Crippen LogP contribution is 2.21. The molecule has 0 aliphatic heterocycles. The summed E-state index contributed by atoms with van der Waals surface area (Å²) in [7, 11) is 0. The monoisotopic (exact) mass is 299 g/mol. The van der Waals surface area contributed by atoms with E-state index in [1.165, 1.54) is 10.5 Å².